The standard InChI is InChI=1S/C14H19NO2/c1-17-13(16)14(9-5-6-10-14)15-11-12-7-3-2-4-8-12/h2-4,7-8,15H,5-6,9-11H2,1H3. The number of esters is 1. The van der Waals surface area contributed by atoms with Crippen molar-refractivity contribution in [2.75, 3.05) is 7.11 Å². The summed E-state index contributed by atoms with van der Waals surface area (Å²) >= 11 is 0. The topological polar surface area (TPSA) is 38.3 Å². The maximum Gasteiger partial charge on any atom is 0.326 e. The molecular formula is C14H19NO2. The van der Waals surface area contributed by atoms with Gasteiger partial charge in [-0.2, -0.15) is 0 Å². The molecule has 1 N–H and O–H groups in total. The number of ether oxygens (including phenoxy) is 1. The van der Waals surface area contributed by atoms with Crippen molar-refractivity contribution >= 4 is 5.97 Å². The van der Waals surface area contributed by atoms with E-state index in [1.807, 2.05) is 18.2 Å². The molecule has 1 aliphatic carbocycles. The minimum absolute atomic E-state index is 0.120. The molecule has 0 heterocycles. The molecule has 92 valence electrons. The van der Waals surface area contributed by atoms with Crippen LogP contribution in [0.5, 0.6) is 0 Å². The van der Waals surface area contributed by atoms with Crippen LogP contribution in [-0.4, -0.2) is 18.6 Å². The second-order valence-corrected chi connectivity index (χ2v) is 4.62. The molecule has 1 saturated carbocycles. The summed E-state index contributed by atoms with van der Waals surface area (Å²) in [6.07, 6.45) is 3.95. The molecule has 0 radical (unpaired) electrons. The van der Waals surface area contributed by atoms with Crippen LogP contribution in [0.1, 0.15) is 31.2 Å². The fourth-order valence-corrected chi connectivity index (χ4v) is 2.49. The van der Waals surface area contributed by atoms with Crippen LogP contribution in [-0.2, 0) is 16.1 Å². The Labute approximate surface area is 102 Å². The minimum Gasteiger partial charge on any atom is -0.468 e. The molecule has 2 rings (SSSR count). The molecule has 0 unspecified atom stereocenters. The Balaban J connectivity index is 2.02. The predicted octanol–water partition coefficient (Wildman–Crippen LogP) is 2.26. The average molecular weight is 233 g/mol. The molecule has 1 fully saturated rings. The maximum atomic E-state index is 11.9. The van der Waals surface area contributed by atoms with Gasteiger partial charge in [-0.3, -0.25) is 10.1 Å². The monoisotopic (exact) mass is 233 g/mol. The first kappa shape index (κ1) is 12.1. The highest BCUT2D eigenvalue weighted by Crippen LogP contribution is 2.31. The number of methoxy groups -OCH3 is 1. The SMILES string of the molecule is COC(=O)C1(NCc2ccccc2)CCCC1. The summed E-state index contributed by atoms with van der Waals surface area (Å²) in [4.78, 5) is 11.9. The van der Waals surface area contributed by atoms with E-state index in [0.29, 0.717) is 0 Å². The Morgan fingerprint density at radius 2 is 1.94 bits per heavy atom. The Kier molecular flexibility index (Phi) is 3.79. The fraction of sp³-hybridized carbons (Fsp3) is 0.500. The predicted molar refractivity (Wildman–Crippen MR) is 66.5 cm³/mol. The zero-order valence-electron chi connectivity index (χ0n) is 10.2. The van der Waals surface area contributed by atoms with Crippen molar-refractivity contribution in [1.82, 2.24) is 5.32 Å². The van der Waals surface area contributed by atoms with E-state index >= 15 is 0 Å². The van der Waals surface area contributed by atoms with Gasteiger partial charge in [0.25, 0.3) is 0 Å². The molecule has 0 bridgehead atoms. The van der Waals surface area contributed by atoms with E-state index in [1.165, 1.54) is 12.7 Å². The number of benzene rings is 1. The largest absolute Gasteiger partial charge is 0.468 e. The number of hydrogen-bond donors (Lipinski definition) is 1. The zero-order chi connectivity index (χ0) is 12.1. The summed E-state index contributed by atoms with van der Waals surface area (Å²) in [6, 6.07) is 10.1. The molecular weight excluding hydrogens is 214 g/mol. The first-order valence-electron chi connectivity index (χ1n) is 6.14. The quantitative estimate of drug-likeness (QED) is 0.811. The third-order valence-corrected chi connectivity index (χ3v) is 3.51. The molecule has 0 aliphatic heterocycles. The van der Waals surface area contributed by atoms with Gasteiger partial charge in [-0.15, -0.1) is 0 Å². The highest BCUT2D eigenvalue weighted by Gasteiger charge is 2.41. The number of hydrogen-bond acceptors (Lipinski definition) is 3. The average Bonchev–Trinajstić information content (AvgIpc) is 2.87. The number of carbonyl (C=O) groups excluding carboxylic acids is 1. The molecule has 1 aliphatic rings. The van der Waals surface area contributed by atoms with Crippen LogP contribution in [0.25, 0.3) is 0 Å². The number of nitrogens with one attached hydrogen (secondary N) is 1. The van der Waals surface area contributed by atoms with Crippen LogP contribution in [0.3, 0.4) is 0 Å². The van der Waals surface area contributed by atoms with Crippen molar-refractivity contribution in [2.24, 2.45) is 0 Å². The Bertz CT molecular complexity index is 369. The lowest BCUT2D eigenvalue weighted by Gasteiger charge is -2.27. The van der Waals surface area contributed by atoms with Gasteiger partial charge in [0.2, 0.25) is 0 Å². The molecule has 0 spiro atoms. The van der Waals surface area contributed by atoms with Crippen molar-refractivity contribution in [3.05, 3.63) is 35.9 Å². The zero-order valence-corrected chi connectivity index (χ0v) is 10.2. The van der Waals surface area contributed by atoms with E-state index in [9.17, 15) is 4.79 Å². The second kappa shape index (κ2) is 5.32. The van der Waals surface area contributed by atoms with Crippen LogP contribution in [0.4, 0.5) is 0 Å². The van der Waals surface area contributed by atoms with Gasteiger partial charge in [-0.1, -0.05) is 43.2 Å². The molecule has 0 atom stereocenters. The first-order chi connectivity index (χ1) is 8.27. The van der Waals surface area contributed by atoms with Crippen molar-refractivity contribution in [3.63, 3.8) is 0 Å². The van der Waals surface area contributed by atoms with Crippen molar-refractivity contribution in [3.8, 4) is 0 Å². The van der Waals surface area contributed by atoms with Gasteiger partial charge in [0.05, 0.1) is 7.11 Å². The summed E-state index contributed by atoms with van der Waals surface area (Å²) in [5, 5.41) is 3.39. The Morgan fingerprint density at radius 3 is 2.53 bits per heavy atom. The van der Waals surface area contributed by atoms with E-state index in [-0.39, 0.29) is 5.97 Å². The molecule has 17 heavy (non-hydrogen) atoms. The molecule has 0 amide bonds. The van der Waals surface area contributed by atoms with E-state index in [2.05, 4.69) is 17.4 Å². The van der Waals surface area contributed by atoms with E-state index in [4.69, 9.17) is 4.74 Å². The van der Waals surface area contributed by atoms with Gasteiger partial charge in [0.1, 0.15) is 5.54 Å². The number of carbonyl (C=O) groups is 1. The highest BCUT2D eigenvalue weighted by atomic mass is 16.5. The molecule has 1 aromatic rings. The van der Waals surface area contributed by atoms with Gasteiger partial charge in [0.15, 0.2) is 0 Å². The number of rotatable bonds is 4. The van der Waals surface area contributed by atoms with Gasteiger partial charge in [0, 0.05) is 6.54 Å². The maximum absolute atomic E-state index is 11.9. The van der Waals surface area contributed by atoms with Crippen LogP contribution in [0, 0.1) is 0 Å². The van der Waals surface area contributed by atoms with Gasteiger partial charge < -0.3 is 4.74 Å². The summed E-state index contributed by atoms with van der Waals surface area (Å²) in [5.41, 5.74) is 0.743. The normalized spacial score (nSPS) is 17.9. The summed E-state index contributed by atoms with van der Waals surface area (Å²) in [5.74, 6) is -0.120. The van der Waals surface area contributed by atoms with Crippen molar-refractivity contribution in [2.45, 2.75) is 37.8 Å². The van der Waals surface area contributed by atoms with E-state index < -0.39 is 5.54 Å². The second-order valence-electron chi connectivity index (χ2n) is 4.62. The lowest BCUT2D eigenvalue weighted by Crippen LogP contribution is -2.50. The molecule has 0 saturated heterocycles. The lowest BCUT2D eigenvalue weighted by molar-refractivity contribution is -0.148. The summed E-state index contributed by atoms with van der Waals surface area (Å²) in [7, 11) is 1.46. The first-order valence-corrected chi connectivity index (χ1v) is 6.14. The fourth-order valence-electron chi connectivity index (χ4n) is 2.49. The Hall–Kier alpha value is -1.35. The summed E-state index contributed by atoms with van der Waals surface area (Å²) in [6.45, 7) is 0.718. The van der Waals surface area contributed by atoms with Gasteiger partial charge in [-0.25, -0.2) is 0 Å². The molecule has 0 aromatic heterocycles. The van der Waals surface area contributed by atoms with E-state index in [0.717, 1.165) is 32.2 Å². The smallest absolute Gasteiger partial charge is 0.326 e. The third-order valence-electron chi connectivity index (χ3n) is 3.51. The van der Waals surface area contributed by atoms with Crippen LogP contribution in [0.15, 0.2) is 30.3 Å². The van der Waals surface area contributed by atoms with Crippen LogP contribution >= 0.6 is 0 Å². The van der Waals surface area contributed by atoms with Crippen LogP contribution in [0.2, 0.25) is 0 Å². The highest BCUT2D eigenvalue weighted by molar-refractivity contribution is 5.81. The van der Waals surface area contributed by atoms with E-state index in [1.54, 1.807) is 0 Å². The van der Waals surface area contributed by atoms with Gasteiger partial charge in [-0.05, 0) is 18.4 Å². The molecule has 3 nitrogen and oxygen atoms in total. The summed E-state index contributed by atoms with van der Waals surface area (Å²) < 4.78 is 4.92. The van der Waals surface area contributed by atoms with Crippen molar-refractivity contribution in [1.29, 1.82) is 0 Å². The van der Waals surface area contributed by atoms with Gasteiger partial charge >= 0.3 is 5.97 Å². The molecule has 1 aromatic carbocycles. The lowest BCUT2D eigenvalue weighted by atomic mass is 9.97. The minimum atomic E-state index is -0.454. The van der Waals surface area contributed by atoms with Crippen molar-refractivity contribution < 1.29 is 9.53 Å². The molecule has 3 heteroatoms. The Morgan fingerprint density at radius 1 is 1.29 bits per heavy atom. The van der Waals surface area contributed by atoms with Crippen LogP contribution < -0.4 is 5.32 Å². The third kappa shape index (κ3) is 2.67.